The van der Waals surface area contributed by atoms with E-state index in [1.165, 1.54) is 0 Å². The van der Waals surface area contributed by atoms with E-state index in [4.69, 9.17) is 17.3 Å². The molecule has 2 N–H and O–H groups in total. The molecule has 2 heterocycles. The number of hydrogen-bond donors (Lipinski definition) is 1. The molecule has 2 rings (SSSR count). The van der Waals surface area contributed by atoms with Crippen molar-refractivity contribution in [2.75, 3.05) is 5.73 Å². The van der Waals surface area contributed by atoms with Gasteiger partial charge in [-0.1, -0.05) is 17.7 Å². The fourth-order valence-electron chi connectivity index (χ4n) is 1.18. The minimum atomic E-state index is 0.436. The highest BCUT2D eigenvalue weighted by Gasteiger charge is 2.04. The number of rotatable bonds is 1. The Morgan fingerprint density at radius 3 is 2.71 bits per heavy atom. The maximum atomic E-state index is 5.92. The van der Waals surface area contributed by atoms with Crippen LogP contribution in [0.15, 0.2) is 36.5 Å². The molecule has 0 aromatic carbocycles. The lowest BCUT2D eigenvalue weighted by Crippen LogP contribution is -1.92. The zero-order valence-electron chi connectivity index (χ0n) is 7.31. The van der Waals surface area contributed by atoms with Crippen LogP contribution >= 0.6 is 11.6 Å². The predicted octanol–water partition coefficient (Wildman–Crippen LogP) is 2.38. The number of hydrogen-bond acceptors (Lipinski definition) is 3. The zero-order valence-corrected chi connectivity index (χ0v) is 8.07. The van der Waals surface area contributed by atoms with Gasteiger partial charge in [0.1, 0.15) is 11.0 Å². The number of anilines is 1. The maximum absolute atomic E-state index is 5.92. The molecule has 0 amide bonds. The molecule has 0 atom stereocenters. The van der Waals surface area contributed by atoms with Gasteiger partial charge in [-0.25, -0.2) is 9.97 Å². The summed E-state index contributed by atoms with van der Waals surface area (Å²) in [5.74, 6) is 0.474. The van der Waals surface area contributed by atoms with Gasteiger partial charge in [0.15, 0.2) is 0 Å². The standard InChI is InChI=1S/C10H8ClN3/c11-10-7(3-2-6-13-10)8-4-1-5-9(12)14-8/h1-6H,(H2,12,14). The third-order valence-corrected chi connectivity index (χ3v) is 2.11. The van der Waals surface area contributed by atoms with Gasteiger partial charge in [-0.2, -0.15) is 0 Å². The molecule has 0 fully saturated rings. The van der Waals surface area contributed by atoms with Crippen LogP contribution in [0.4, 0.5) is 5.82 Å². The molecule has 4 heteroatoms. The second-order valence-corrected chi connectivity index (χ2v) is 3.15. The average Bonchev–Trinajstić information content (AvgIpc) is 2.18. The predicted molar refractivity (Wildman–Crippen MR) is 56.9 cm³/mol. The molecule has 0 unspecified atom stereocenters. The van der Waals surface area contributed by atoms with Gasteiger partial charge >= 0.3 is 0 Å². The van der Waals surface area contributed by atoms with E-state index in [1.54, 1.807) is 12.3 Å². The Morgan fingerprint density at radius 1 is 1.14 bits per heavy atom. The maximum Gasteiger partial charge on any atom is 0.138 e. The number of nitrogen functional groups attached to an aromatic ring is 1. The zero-order chi connectivity index (χ0) is 9.97. The Morgan fingerprint density at radius 2 is 2.00 bits per heavy atom. The third kappa shape index (κ3) is 1.67. The van der Waals surface area contributed by atoms with E-state index in [0.717, 1.165) is 11.3 Å². The quantitative estimate of drug-likeness (QED) is 0.728. The largest absolute Gasteiger partial charge is 0.384 e. The second-order valence-electron chi connectivity index (χ2n) is 2.79. The van der Waals surface area contributed by atoms with E-state index in [0.29, 0.717) is 11.0 Å². The topological polar surface area (TPSA) is 51.8 Å². The van der Waals surface area contributed by atoms with E-state index in [9.17, 15) is 0 Å². The van der Waals surface area contributed by atoms with Gasteiger partial charge in [0.05, 0.1) is 5.69 Å². The molecule has 0 spiro atoms. The van der Waals surface area contributed by atoms with Crippen molar-refractivity contribution in [3.8, 4) is 11.3 Å². The average molecular weight is 206 g/mol. The summed E-state index contributed by atoms with van der Waals surface area (Å²) in [6.45, 7) is 0. The Bertz CT molecular complexity index is 457. The highest BCUT2D eigenvalue weighted by Crippen LogP contribution is 2.23. The first kappa shape index (κ1) is 8.97. The summed E-state index contributed by atoms with van der Waals surface area (Å²) < 4.78 is 0. The van der Waals surface area contributed by atoms with Gasteiger partial charge in [-0.05, 0) is 24.3 Å². The van der Waals surface area contributed by atoms with Crippen LogP contribution in [0.2, 0.25) is 5.15 Å². The van der Waals surface area contributed by atoms with Crippen molar-refractivity contribution in [1.82, 2.24) is 9.97 Å². The fraction of sp³-hybridized carbons (Fsp3) is 0. The van der Waals surface area contributed by atoms with Gasteiger partial charge < -0.3 is 5.73 Å². The van der Waals surface area contributed by atoms with Gasteiger partial charge in [-0.15, -0.1) is 0 Å². The summed E-state index contributed by atoms with van der Waals surface area (Å²) in [7, 11) is 0. The molecule has 70 valence electrons. The van der Waals surface area contributed by atoms with Crippen LogP contribution in [0, 0.1) is 0 Å². The van der Waals surface area contributed by atoms with Crippen LogP contribution in [0.25, 0.3) is 11.3 Å². The summed E-state index contributed by atoms with van der Waals surface area (Å²) >= 11 is 5.92. The van der Waals surface area contributed by atoms with Crippen molar-refractivity contribution >= 4 is 17.4 Å². The summed E-state index contributed by atoms with van der Waals surface area (Å²) in [6.07, 6.45) is 1.64. The lowest BCUT2D eigenvalue weighted by atomic mass is 10.2. The summed E-state index contributed by atoms with van der Waals surface area (Å²) in [5, 5.41) is 0.436. The van der Waals surface area contributed by atoms with E-state index < -0.39 is 0 Å². The Balaban J connectivity index is 2.55. The Hall–Kier alpha value is -1.61. The first-order valence-electron chi connectivity index (χ1n) is 4.11. The summed E-state index contributed by atoms with van der Waals surface area (Å²) in [6, 6.07) is 9.08. The van der Waals surface area contributed by atoms with Crippen molar-refractivity contribution in [2.45, 2.75) is 0 Å². The van der Waals surface area contributed by atoms with E-state index in [2.05, 4.69) is 9.97 Å². The van der Waals surface area contributed by atoms with Crippen LogP contribution in [0.5, 0.6) is 0 Å². The van der Waals surface area contributed by atoms with E-state index >= 15 is 0 Å². The van der Waals surface area contributed by atoms with Crippen molar-refractivity contribution < 1.29 is 0 Å². The minimum absolute atomic E-state index is 0.436. The molecule has 0 saturated carbocycles. The molecule has 2 aromatic rings. The van der Waals surface area contributed by atoms with Gasteiger partial charge in [0.25, 0.3) is 0 Å². The summed E-state index contributed by atoms with van der Waals surface area (Å²) in [4.78, 5) is 8.13. The van der Waals surface area contributed by atoms with Gasteiger partial charge in [0, 0.05) is 11.8 Å². The first-order valence-corrected chi connectivity index (χ1v) is 4.48. The molecule has 0 aliphatic rings. The molecule has 0 saturated heterocycles. The SMILES string of the molecule is Nc1cccc(-c2cccnc2Cl)n1. The monoisotopic (exact) mass is 205 g/mol. The molecule has 0 aliphatic carbocycles. The second kappa shape index (κ2) is 3.64. The number of pyridine rings is 2. The highest BCUT2D eigenvalue weighted by atomic mass is 35.5. The van der Waals surface area contributed by atoms with Crippen LogP contribution in [-0.2, 0) is 0 Å². The molecule has 0 radical (unpaired) electrons. The van der Waals surface area contributed by atoms with Crippen molar-refractivity contribution in [3.05, 3.63) is 41.7 Å². The number of nitrogens with zero attached hydrogens (tertiary/aromatic N) is 2. The smallest absolute Gasteiger partial charge is 0.138 e. The van der Waals surface area contributed by atoms with Crippen LogP contribution < -0.4 is 5.73 Å². The molecule has 0 bridgehead atoms. The lowest BCUT2D eigenvalue weighted by Gasteiger charge is -2.02. The molecule has 3 nitrogen and oxygen atoms in total. The number of aromatic nitrogens is 2. The molecular formula is C10H8ClN3. The summed E-state index contributed by atoms with van der Waals surface area (Å²) in [5.41, 5.74) is 7.10. The van der Waals surface area contributed by atoms with Crippen molar-refractivity contribution in [3.63, 3.8) is 0 Å². The Kier molecular flexibility index (Phi) is 2.33. The normalized spacial score (nSPS) is 10.1. The van der Waals surface area contributed by atoms with E-state index in [1.807, 2.05) is 24.3 Å². The van der Waals surface area contributed by atoms with Crippen LogP contribution in [0.1, 0.15) is 0 Å². The molecule has 14 heavy (non-hydrogen) atoms. The molecule has 2 aromatic heterocycles. The molecular weight excluding hydrogens is 198 g/mol. The van der Waals surface area contributed by atoms with Crippen LogP contribution in [0.3, 0.4) is 0 Å². The third-order valence-electron chi connectivity index (χ3n) is 1.81. The molecule has 0 aliphatic heterocycles. The number of nitrogens with two attached hydrogens (primary N) is 1. The Labute approximate surface area is 86.6 Å². The van der Waals surface area contributed by atoms with Crippen LogP contribution in [-0.4, -0.2) is 9.97 Å². The first-order chi connectivity index (χ1) is 6.77. The van der Waals surface area contributed by atoms with Crippen molar-refractivity contribution in [1.29, 1.82) is 0 Å². The lowest BCUT2D eigenvalue weighted by molar-refractivity contribution is 1.28. The van der Waals surface area contributed by atoms with Gasteiger partial charge in [0.2, 0.25) is 0 Å². The minimum Gasteiger partial charge on any atom is -0.384 e. The fourth-order valence-corrected chi connectivity index (χ4v) is 1.39. The van der Waals surface area contributed by atoms with Gasteiger partial charge in [-0.3, -0.25) is 0 Å². The van der Waals surface area contributed by atoms with Crippen molar-refractivity contribution in [2.24, 2.45) is 0 Å². The van der Waals surface area contributed by atoms with E-state index in [-0.39, 0.29) is 0 Å². The highest BCUT2D eigenvalue weighted by molar-refractivity contribution is 6.32. The number of halogens is 1.